The number of aromatic nitrogens is 3. The largest absolute Gasteiger partial charge is 0.435 e. The van der Waals surface area contributed by atoms with E-state index >= 15 is 0 Å². The van der Waals surface area contributed by atoms with E-state index < -0.39 is 0 Å². The highest BCUT2D eigenvalue weighted by Crippen LogP contribution is 2.22. The molecule has 0 aromatic carbocycles. The van der Waals surface area contributed by atoms with Gasteiger partial charge in [0.05, 0.1) is 12.4 Å². The topological polar surface area (TPSA) is 52.0 Å². The van der Waals surface area contributed by atoms with E-state index in [1.54, 1.807) is 6.20 Å². The van der Waals surface area contributed by atoms with Crippen LogP contribution in [0, 0.1) is 6.92 Å². The minimum atomic E-state index is 0.464. The Labute approximate surface area is 126 Å². The standard InChI is InChI=1S/C16H24N4O/c1-5-6-20-11-15(10-19-20)21-16-13(4)7-14(9-18-16)8-17-12(2)3/h7,9-12,17H,5-6,8H2,1-4H3. The molecule has 2 aromatic heterocycles. The lowest BCUT2D eigenvalue weighted by molar-refractivity contribution is 0.456. The molecule has 0 spiro atoms. The van der Waals surface area contributed by atoms with E-state index in [2.05, 4.69) is 42.2 Å². The third kappa shape index (κ3) is 4.56. The molecule has 21 heavy (non-hydrogen) atoms. The van der Waals surface area contributed by atoms with Gasteiger partial charge in [-0.1, -0.05) is 20.8 Å². The van der Waals surface area contributed by atoms with Crippen LogP contribution in [0.5, 0.6) is 11.6 Å². The Balaban J connectivity index is 2.02. The molecular formula is C16H24N4O. The Morgan fingerprint density at radius 2 is 2.14 bits per heavy atom. The Kier molecular flexibility index (Phi) is 5.33. The van der Waals surface area contributed by atoms with Crippen LogP contribution in [-0.4, -0.2) is 20.8 Å². The molecule has 0 saturated carbocycles. The predicted molar refractivity (Wildman–Crippen MR) is 83.5 cm³/mol. The van der Waals surface area contributed by atoms with Gasteiger partial charge in [0.15, 0.2) is 5.75 Å². The van der Waals surface area contributed by atoms with Crippen molar-refractivity contribution in [3.63, 3.8) is 0 Å². The van der Waals surface area contributed by atoms with Crippen LogP contribution in [0.15, 0.2) is 24.7 Å². The van der Waals surface area contributed by atoms with Crippen molar-refractivity contribution in [1.29, 1.82) is 0 Å². The summed E-state index contributed by atoms with van der Waals surface area (Å²) >= 11 is 0. The fourth-order valence-corrected chi connectivity index (χ4v) is 2.01. The summed E-state index contributed by atoms with van der Waals surface area (Å²) in [7, 11) is 0. The number of hydrogen-bond acceptors (Lipinski definition) is 4. The van der Waals surface area contributed by atoms with Crippen molar-refractivity contribution in [3.05, 3.63) is 35.8 Å². The summed E-state index contributed by atoms with van der Waals surface area (Å²) in [5.74, 6) is 1.37. The maximum absolute atomic E-state index is 5.80. The van der Waals surface area contributed by atoms with Gasteiger partial charge in [-0.3, -0.25) is 4.68 Å². The van der Waals surface area contributed by atoms with Gasteiger partial charge in [0.2, 0.25) is 5.88 Å². The first-order valence-electron chi connectivity index (χ1n) is 7.47. The molecule has 0 aliphatic carbocycles. The second-order valence-electron chi connectivity index (χ2n) is 5.54. The summed E-state index contributed by atoms with van der Waals surface area (Å²) in [5.41, 5.74) is 2.19. The van der Waals surface area contributed by atoms with Crippen molar-refractivity contribution < 1.29 is 4.74 Å². The summed E-state index contributed by atoms with van der Waals surface area (Å²) in [6.45, 7) is 10.1. The fraction of sp³-hybridized carbons (Fsp3) is 0.500. The van der Waals surface area contributed by atoms with E-state index in [0.29, 0.717) is 11.9 Å². The number of nitrogens with one attached hydrogen (secondary N) is 1. The van der Waals surface area contributed by atoms with Crippen LogP contribution >= 0.6 is 0 Å². The summed E-state index contributed by atoms with van der Waals surface area (Å²) in [4.78, 5) is 4.41. The van der Waals surface area contributed by atoms with Crippen LogP contribution in [0.3, 0.4) is 0 Å². The van der Waals surface area contributed by atoms with Gasteiger partial charge >= 0.3 is 0 Å². The summed E-state index contributed by atoms with van der Waals surface area (Å²) < 4.78 is 7.68. The highest BCUT2D eigenvalue weighted by atomic mass is 16.5. The molecule has 0 fully saturated rings. The lowest BCUT2D eigenvalue weighted by Crippen LogP contribution is -2.21. The number of rotatable bonds is 7. The van der Waals surface area contributed by atoms with Gasteiger partial charge in [0.1, 0.15) is 0 Å². The fourth-order valence-electron chi connectivity index (χ4n) is 2.01. The summed E-state index contributed by atoms with van der Waals surface area (Å²) in [6, 6.07) is 2.57. The molecule has 5 nitrogen and oxygen atoms in total. The van der Waals surface area contributed by atoms with Gasteiger partial charge in [-0.25, -0.2) is 4.98 Å². The monoisotopic (exact) mass is 288 g/mol. The van der Waals surface area contributed by atoms with Crippen molar-refractivity contribution in [2.75, 3.05) is 0 Å². The molecular weight excluding hydrogens is 264 g/mol. The average Bonchev–Trinajstić information content (AvgIpc) is 2.87. The molecule has 0 atom stereocenters. The van der Waals surface area contributed by atoms with Gasteiger partial charge in [0.25, 0.3) is 0 Å². The molecule has 0 bridgehead atoms. The van der Waals surface area contributed by atoms with Gasteiger partial charge < -0.3 is 10.1 Å². The maximum atomic E-state index is 5.80. The molecule has 5 heteroatoms. The molecule has 0 aliphatic rings. The Morgan fingerprint density at radius 1 is 1.33 bits per heavy atom. The molecule has 0 amide bonds. The molecule has 114 valence electrons. The zero-order valence-electron chi connectivity index (χ0n) is 13.3. The molecule has 2 heterocycles. The van der Waals surface area contributed by atoms with Crippen molar-refractivity contribution >= 4 is 0 Å². The van der Waals surface area contributed by atoms with E-state index in [9.17, 15) is 0 Å². The number of pyridine rings is 1. The number of aryl methyl sites for hydroxylation is 2. The first kappa shape index (κ1) is 15.5. The lowest BCUT2D eigenvalue weighted by atomic mass is 10.2. The average molecular weight is 288 g/mol. The normalized spacial score (nSPS) is 11.1. The molecule has 1 N–H and O–H groups in total. The van der Waals surface area contributed by atoms with Crippen LogP contribution in [0.2, 0.25) is 0 Å². The zero-order chi connectivity index (χ0) is 15.2. The second-order valence-corrected chi connectivity index (χ2v) is 5.54. The Morgan fingerprint density at radius 3 is 2.81 bits per heavy atom. The minimum absolute atomic E-state index is 0.464. The summed E-state index contributed by atoms with van der Waals surface area (Å²) in [6.07, 6.45) is 6.54. The van der Waals surface area contributed by atoms with E-state index in [1.165, 1.54) is 0 Å². The zero-order valence-corrected chi connectivity index (χ0v) is 13.3. The smallest absolute Gasteiger partial charge is 0.222 e. The van der Waals surface area contributed by atoms with Crippen molar-refractivity contribution in [3.8, 4) is 11.6 Å². The first-order chi connectivity index (χ1) is 10.1. The van der Waals surface area contributed by atoms with Crippen LogP contribution in [0.1, 0.15) is 38.3 Å². The van der Waals surface area contributed by atoms with Gasteiger partial charge in [-0.05, 0) is 25.0 Å². The number of nitrogens with zero attached hydrogens (tertiary/aromatic N) is 3. The highest BCUT2D eigenvalue weighted by Gasteiger charge is 2.07. The minimum Gasteiger partial charge on any atom is -0.435 e. The Hall–Kier alpha value is -1.88. The second kappa shape index (κ2) is 7.22. The third-order valence-corrected chi connectivity index (χ3v) is 3.08. The van der Waals surface area contributed by atoms with E-state index in [-0.39, 0.29) is 0 Å². The molecule has 2 aromatic rings. The van der Waals surface area contributed by atoms with Crippen molar-refractivity contribution in [2.24, 2.45) is 0 Å². The number of hydrogen-bond donors (Lipinski definition) is 1. The molecule has 0 aliphatic heterocycles. The van der Waals surface area contributed by atoms with Crippen molar-refractivity contribution in [1.82, 2.24) is 20.1 Å². The van der Waals surface area contributed by atoms with E-state index in [1.807, 2.05) is 24.0 Å². The SMILES string of the molecule is CCCn1cc(Oc2ncc(CNC(C)C)cc2C)cn1. The molecule has 0 saturated heterocycles. The predicted octanol–water partition coefficient (Wildman–Crippen LogP) is 3.29. The summed E-state index contributed by atoms with van der Waals surface area (Å²) in [5, 5.41) is 7.63. The van der Waals surface area contributed by atoms with Crippen LogP contribution < -0.4 is 10.1 Å². The van der Waals surface area contributed by atoms with Gasteiger partial charge in [-0.2, -0.15) is 5.10 Å². The Bertz CT molecular complexity index is 577. The van der Waals surface area contributed by atoms with Crippen LogP contribution in [0.4, 0.5) is 0 Å². The molecule has 0 unspecified atom stereocenters. The molecule has 0 radical (unpaired) electrons. The first-order valence-corrected chi connectivity index (χ1v) is 7.47. The van der Waals surface area contributed by atoms with Gasteiger partial charge in [-0.15, -0.1) is 0 Å². The van der Waals surface area contributed by atoms with E-state index in [4.69, 9.17) is 4.74 Å². The molecule has 2 rings (SSSR count). The van der Waals surface area contributed by atoms with Gasteiger partial charge in [0, 0.05) is 30.9 Å². The third-order valence-electron chi connectivity index (χ3n) is 3.08. The lowest BCUT2D eigenvalue weighted by Gasteiger charge is -2.10. The quantitative estimate of drug-likeness (QED) is 0.849. The van der Waals surface area contributed by atoms with Crippen LogP contribution in [0.25, 0.3) is 0 Å². The maximum Gasteiger partial charge on any atom is 0.222 e. The van der Waals surface area contributed by atoms with Crippen molar-refractivity contribution in [2.45, 2.75) is 53.2 Å². The number of ether oxygens (including phenoxy) is 1. The highest BCUT2D eigenvalue weighted by molar-refractivity contribution is 5.32. The van der Waals surface area contributed by atoms with E-state index in [0.717, 1.165) is 36.4 Å². The van der Waals surface area contributed by atoms with Crippen LogP contribution in [-0.2, 0) is 13.1 Å².